The van der Waals surface area contributed by atoms with Gasteiger partial charge in [-0.05, 0) is 6.42 Å². The number of carboxylic acids is 1. The number of nitrogens with one attached hydrogen (secondary N) is 1. The quantitative estimate of drug-likeness (QED) is 0.621. The van der Waals surface area contributed by atoms with Crippen LogP contribution in [0, 0.1) is 0 Å². The summed E-state index contributed by atoms with van der Waals surface area (Å²) in [7, 11) is 0. The first kappa shape index (κ1) is 14.0. The van der Waals surface area contributed by atoms with Gasteiger partial charge in [0.1, 0.15) is 6.04 Å². The Kier molecular flexibility index (Phi) is 7.62. The average Bonchev–Trinajstić information content (AvgIpc) is 2.14. The number of hydrogen-bond donors (Lipinski definition) is 2. The molecule has 0 bridgehead atoms. The molecule has 4 nitrogen and oxygen atoms in total. The second-order valence-electron chi connectivity index (χ2n) is 2.00. The van der Waals surface area contributed by atoms with Gasteiger partial charge in [-0.3, -0.25) is 4.79 Å². The summed E-state index contributed by atoms with van der Waals surface area (Å²) < 4.78 is 0. The van der Waals surface area contributed by atoms with Crippen molar-refractivity contribution in [2.24, 2.45) is 0 Å². The Morgan fingerprint density at radius 2 is 2.09 bits per heavy atom. The van der Waals surface area contributed by atoms with E-state index in [2.05, 4.69) is 5.32 Å². The van der Waals surface area contributed by atoms with E-state index in [9.17, 15) is 9.59 Å². The third-order valence-corrected chi connectivity index (χ3v) is 1.29. The molecule has 1 aliphatic heterocycles. The van der Waals surface area contributed by atoms with Gasteiger partial charge < -0.3 is 10.4 Å². The third kappa shape index (κ3) is 4.10. The molecule has 0 saturated carbocycles. The summed E-state index contributed by atoms with van der Waals surface area (Å²) in [5.41, 5.74) is 0. The molecule has 1 heterocycles. The van der Waals surface area contributed by atoms with Crippen LogP contribution in [-0.4, -0.2) is 23.0 Å². The minimum atomic E-state index is -0.944. The molecule has 1 amide bonds. The summed E-state index contributed by atoms with van der Waals surface area (Å²) >= 11 is 0. The van der Waals surface area contributed by atoms with E-state index in [1.165, 1.54) is 0 Å². The molecule has 1 unspecified atom stereocenters. The molecule has 2 N–H and O–H groups in total. The predicted molar refractivity (Wildman–Crippen MR) is 28.8 cm³/mol. The molecular formula is C5H7Ag2NO3. The Hall–Kier alpha value is 0.421. The Balaban J connectivity index is 0. The topological polar surface area (TPSA) is 66.4 Å². The van der Waals surface area contributed by atoms with Gasteiger partial charge in [0.25, 0.3) is 0 Å². The van der Waals surface area contributed by atoms with E-state index in [0.29, 0.717) is 12.8 Å². The minimum Gasteiger partial charge on any atom is -0.480 e. The fraction of sp³-hybridized carbons (Fsp3) is 0.600. The fourth-order valence-corrected chi connectivity index (χ4v) is 0.799. The molecule has 11 heavy (non-hydrogen) atoms. The van der Waals surface area contributed by atoms with Gasteiger partial charge in [0.05, 0.1) is 0 Å². The number of amides is 1. The molecule has 72 valence electrons. The van der Waals surface area contributed by atoms with Crippen LogP contribution in [0.1, 0.15) is 12.8 Å². The van der Waals surface area contributed by atoms with Crippen LogP contribution in [0.5, 0.6) is 0 Å². The normalized spacial score (nSPS) is 21.1. The van der Waals surface area contributed by atoms with Crippen molar-refractivity contribution in [3.05, 3.63) is 0 Å². The number of carbonyl (C=O) groups is 2. The second-order valence-corrected chi connectivity index (χ2v) is 2.00. The van der Waals surface area contributed by atoms with Gasteiger partial charge in [-0.1, -0.05) is 0 Å². The summed E-state index contributed by atoms with van der Waals surface area (Å²) in [5, 5.41) is 10.6. The van der Waals surface area contributed by atoms with Gasteiger partial charge in [0.2, 0.25) is 5.91 Å². The van der Waals surface area contributed by atoms with Gasteiger partial charge in [0, 0.05) is 51.2 Å². The number of hydrogen-bond acceptors (Lipinski definition) is 2. The van der Waals surface area contributed by atoms with Crippen molar-refractivity contribution in [1.29, 1.82) is 0 Å². The van der Waals surface area contributed by atoms with Crippen LogP contribution in [0.3, 0.4) is 0 Å². The van der Waals surface area contributed by atoms with Gasteiger partial charge in [-0.15, -0.1) is 0 Å². The Labute approximate surface area is 95.1 Å². The van der Waals surface area contributed by atoms with Crippen LogP contribution in [0.2, 0.25) is 0 Å². The van der Waals surface area contributed by atoms with Crippen LogP contribution in [-0.2, 0) is 54.3 Å². The van der Waals surface area contributed by atoms with E-state index in [4.69, 9.17) is 5.11 Å². The Morgan fingerprint density at radius 3 is 2.27 bits per heavy atom. The molecule has 6 heteroatoms. The summed E-state index contributed by atoms with van der Waals surface area (Å²) in [4.78, 5) is 20.5. The van der Waals surface area contributed by atoms with E-state index in [1.807, 2.05) is 0 Å². The first-order chi connectivity index (χ1) is 4.20. The summed E-state index contributed by atoms with van der Waals surface area (Å²) in [6, 6.07) is -0.641. The maximum Gasteiger partial charge on any atom is 0.326 e. The van der Waals surface area contributed by atoms with Crippen molar-refractivity contribution < 1.29 is 59.5 Å². The SMILES string of the molecule is O=C1CCC(C(=O)O)N1.[Ag].[Ag]. The van der Waals surface area contributed by atoms with E-state index in [-0.39, 0.29) is 50.7 Å². The minimum absolute atomic E-state index is 0. The monoisotopic (exact) mass is 343 g/mol. The van der Waals surface area contributed by atoms with Gasteiger partial charge >= 0.3 is 5.97 Å². The molecule has 0 spiro atoms. The summed E-state index contributed by atoms with van der Waals surface area (Å²) in [6.07, 6.45) is 0.769. The van der Waals surface area contributed by atoms with E-state index in [1.54, 1.807) is 0 Å². The van der Waals surface area contributed by atoms with Crippen molar-refractivity contribution in [1.82, 2.24) is 5.32 Å². The van der Waals surface area contributed by atoms with E-state index >= 15 is 0 Å². The zero-order chi connectivity index (χ0) is 6.85. The van der Waals surface area contributed by atoms with Crippen molar-refractivity contribution in [2.75, 3.05) is 0 Å². The third-order valence-electron chi connectivity index (χ3n) is 1.29. The molecule has 1 aliphatic rings. The zero-order valence-electron chi connectivity index (χ0n) is 5.36. The fourth-order valence-electron chi connectivity index (χ4n) is 0.799. The smallest absolute Gasteiger partial charge is 0.326 e. The molecular weight excluding hydrogens is 338 g/mol. The van der Waals surface area contributed by atoms with Crippen molar-refractivity contribution >= 4 is 11.9 Å². The molecule has 1 atom stereocenters. The molecule has 0 aromatic rings. The van der Waals surface area contributed by atoms with Gasteiger partial charge in [0.15, 0.2) is 0 Å². The van der Waals surface area contributed by atoms with Crippen LogP contribution in [0.4, 0.5) is 0 Å². The molecule has 1 rings (SSSR count). The van der Waals surface area contributed by atoms with Crippen molar-refractivity contribution in [3.8, 4) is 0 Å². The van der Waals surface area contributed by atoms with Crippen LogP contribution in [0.15, 0.2) is 0 Å². The standard InChI is InChI=1S/C5H7NO3.2Ag/c7-4-2-1-3(6-4)5(8)9;;/h3H,1-2H2,(H,6,7)(H,8,9);;. The summed E-state index contributed by atoms with van der Waals surface area (Å²) in [5.74, 6) is -1.11. The van der Waals surface area contributed by atoms with Crippen LogP contribution < -0.4 is 5.32 Å². The number of carboxylic acid groups (broad SMARTS) is 1. The van der Waals surface area contributed by atoms with E-state index in [0.717, 1.165) is 0 Å². The molecule has 2 radical (unpaired) electrons. The van der Waals surface area contributed by atoms with Crippen LogP contribution >= 0.6 is 0 Å². The number of aliphatic carboxylic acids is 1. The Bertz CT molecular complexity index is 162. The summed E-state index contributed by atoms with van der Waals surface area (Å²) in [6.45, 7) is 0. The number of carbonyl (C=O) groups excluding carboxylic acids is 1. The largest absolute Gasteiger partial charge is 0.480 e. The molecule has 0 aliphatic carbocycles. The average molecular weight is 345 g/mol. The first-order valence-corrected chi connectivity index (χ1v) is 2.72. The van der Waals surface area contributed by atoms with Gasteiger partial charge in [-0.25, -0.2) is 4.79 Å². The maximum atomic E-state index is 10.4. The van der Waals surface area contributed by atoms with Crippen LogP contribution in [0.25, 0.3) is 0 Å². The molecule has 1 saturated heterocycles. The van der Waals surface area contributed by atoms with Crippen molar-refractivity contribution in [2.45, 2.75) is 18.9 Å². The Morgan fingerprint density at radius 1 is 1.55 bits per heavy atom. The van der Waals surface area contributed by atoms with Crippen molar-refractivity contribution in [3.63, 3.8) is 0 Å². The molecule has 0 aromatic carbocycles. The molecule has 1 fully saturated rings. The number of rotatable bonds is 1. The maximum absolute atomic E-state index is 10.4. The second kappa shape index (κ2) is 5.99. The molecule has 0 aromatic heterocycles. The van der Waals surface area contributed by atoms with E-state index < -0.39 is 12.0 Å². The zero-order valence-corrected chi connectivity index (χ0v) is 8.32. The van der Waals surface area contributed by atoms with Gasteiger partial charge in [-0.2, -0.15) is 0 Å². The predicted octanol–water partition coefficient (Wildman–Crippen LogP) is -0.655. The first-order valence-electron chi connectivity index (χ1n) is 2.72.